The van der Waals surface area contributed by atoms with Gasteiger partial charge in [0, 0.05) is 29.9 Å². The van der Waals surface area contributed by atoms with Crippen molar-refractivity contribution in [3.8, 4) is 5.75 Å². The maximum Gasteiger partial charge on any atom is 0.269 e. The molecular weight excluding hydrogens is 424 g/mol. The van der Waals surface area contributed by atoms with Crippen molar-refractivity contribution in [2.45, 2.75) is 6.92 Å². The Morgan fingerprint density at radius 3 is 2.48 bits per heavy atom. The van der Waals surface area contributed by atoms with Crippen LogP contribution in [0.4, 0.5) is 29.2 Å². The highest BCUT2D eigenvalue weighted by Gasteiger charge is 2.09. The third kappa shape index (κ3) is 5.10. The smallest absolute Gasteiger partial charge is 0.269 e. The summed E-state index contributed by atoms with van der Waals surface area (Å²) in [4.78, 5) is 23.2. The molecule has 0 fully saturated rings. The first kappa shape index (κ1) is 21.4. The maximum atomic E-state index is 10.8. The predicted molar refractivity (Wildman–Crippen MR) is 127 cm³/mol. The monoisotopic (exact) mass is 444 g/mol. The number of nitrogens with one attached hydrogen (secondary N) is 3. The average Bonchev–Trinajstić information content (AvgIpc) is 2.81. The van der Waals surface area contributed by atoms with Gasteiger partial charge in [-0.15, -0.1) is 0 Å². The second kappa shape index (κ2) is 9.56. The lowest BCUT2D eigenvalue weighted by Gasteiger charge is -2.09. The number of phenolic OH excluding ortho intramolecular Hbond substituents is 1. The van der Waals surface area contributed by atoms with E-state index in [0.29, 0.717) is 23.7 Å². The van der Waals surface area contributed by atoms with Crippen LogP contribution in [0.2, 0.25) is 0 Å². The number of hydrogen-bond donors (Lipinski definition) is 4. The minimum absolute atomic E-state index is 0.0158. The summed E-state index contributed by atoms with van der Waals surface area (Å²) in [6.07, 6.45) is 1.50. The van der Waals surface area contributed by atoms with Gasteiger partial charge < -0.3 is 15.7 Å². The Kier molecular flexibility index (Phi) is 6.21. The topological polar surface area (TPSA) is 150 Å². The summed E-state index contributed by atoms with van der Waals surface area (Å²) in [7, 11) is 0. The molecule has 3 aromatic carbocycles. The number of nitro benzene ring substituents is 1. The van der Waals surface area contributed by atoms with Crippen LogP contribution in [0.25, 0.3) is 10.8 Å². The zero-order valence-corrected chi connectivity index (χ0v) is 17.6. The third-order valence-corrected chi connectivity index (χ3v) is 4.61. The number of fused-ring (bicyclic) bond motifs is 1. The molecule has 11 nitrogen and oxygen atoms in total. The molecular formula is C22H20N8O3. The Bertz CT molecular complexity index is 1330. The quantitative estimate of drug-likeness (QED) is 0.177. The fourth-order valence-electron chi connectivity index (χ4n) is 3.09. The minimum Gasteiger partial charge on any atom is -0.507 e. The van der Waals surface area contributed by atoms with E-state index in [2.05, 4.69) is 36.1 Å². The number of non-ortho nitro benzene ring substituents is 1. The molecule has 33 heavy (non-hydrogen) atoms. The fourth-order valence-corrected chi connectivity index (χ4v) is 3.09. The predicted octanol–water partition coefficient (Wildman–Crippen LogP) is 4.26. The highest BCUT2D eigenvalue weighted by Crippen LogP contribution is 2.25. The molecule has 0 saturated carbocycles. The Morgan fingerprint density at radius 1 is 1.00 bits per heavy atom. The van der Waals surface area contributed by atoms with E-state index >= 15 is 0 Å². The molecule has 0 spiro atoms. The van der Waals surface area contributed by atoms with E-state index in [1.807, 2.05) is 37.3 Å². The van der Waals surface area contributed by atoms with Crippen molar-refractivity contribution < 1.29 is 10.0 Å². The van der Waals surface area contributed by atoms with Crippen LogP contribution in [-0.4, -0.2) is 37.7 Å². The molecule has 0 amide bonds. The Labute approximate surface area is 188 Å². The van der Waals surface area contributed by atoms with Crippen LogP contribution in [0, 0.1) is 10.1 Å². The van der Waals surface area contributed by atoms with Gasteiger partial charge in [-0.25, -0.2) is 5.43 Å². The van der Waals surface area contributed by atoms with Crippen LogP contribution in [0.15, 0.2) is 65.8 Å². The number of aromatic hydroxyl groups is 1. The van der Waals surface area contributed by atoms with Gasteiger partial charge in [-0.3, -0.25) is 10.1 Å². The molecule has 0 unspecified atom stereocenters. The summed E-state index contributed by atoms with van der Waals surface area (Å²) in [5.41, 5.74) is 3.88. The van der Waals surface area contributed by atoms with Crippen molar-refractivity contribution in [1.82, 2.24) is 15.0 Å². The molecule has 0 saturated heterocycles. The molecule has 4 rings (SSSR count). The highest BCUT2D eigenvalue weighted by molar-refractivity contribution is 6.02. The molecule has 0 aliphatic heterocycles. The summed E-state index contributed by atoms with van der Waals surface area (Å²) in [6, 6.07) is 17.0. The average molecular weight is 444 g/mol. The molecule has 0 aliphatic rings. The van der Waals surface area contributed by atoms with Crippen LogP contribution in [-0.2, 0) is 0 Å². The number of rotatable bonds is 8. The van der Waals surface area contributed by atoms with Gasteiger partial charge in [0.25, 0.3) is 5.69 Å². The summed E-state index contributed by atoms with van der Waals surface area (Å²) >= 11 is 0. The van der Waals surface area contributed by atoms with Crippen molar-refractivity contribution in [2.24, 2.45) is 5.10 Å². The molecule has 4 N–H and O–H groups in total. The van der Waals surface area contributed by atoms with Crippen LogP contribution in [0.5, 0.6) is 5.75 Å². The first-order valence-corrected chi connectivity index (χ1v) is 10.0. The van der Waals surface area contributed by atoms with E-state index in [0.717, 1.165) is 10.8 Å². The van der Waals surface area contributed by atoms with Crippen LogP contribution in [0.3, 0.4) is 0 Å². The number of hydrazone groups is 1. The minimum atomic E-state index is -0.468. The molecule has 1 aromatic heterocycles. The molecule has 1 heterocycles. The number of phenols is 1. The summed E-state index contributed by atoms with van der Waals surface area (Å²) in [5.74, 6) is 0.813. The van der Waals surface area contributed by atoms with Gasteiger partial charge in [-0.1, -0.05) is 30.3 Å². The number of benzene rings is 3. The van der Waals surface area contributed by atoms with Crippen molar-refractivity contribution in [1.29, 1.82) is 0 Å². The Balaban J connectivity index is 1.57. The molecule has 166 valence electrons. The largest absolute Gasteiger partial charge is 0.507 e. The Morgan fingerprint density at radius 2 is 1.73 bits per heavy atom. The van der Waals surface area contributed by atoms with E-state index < -0.39 is 4.92 Å². The second-order valence-electron chi connectivity index (χ2n) is 6.86. The van der Waals surface area contributed by atoms with E-state index in [1.165, 1.54) is 18.3 Å². The molecule has 11 heteroatoms. The fraction of sp³-hybridized carbons (Fsp3) is 0.0909. The molecule has 0 radical (unpaired) electrons. The van der Waals surface area contributed by atoms with Gasteiger partial charge in [0.1, 0.15) is 5.75 Å². The standard InChI is InChI=1S/C22H20N8O3/c1-2-23-20-26-21(25-15-8-10-16(11-9-15)30(32)33)28-22(27-20)29-24-13-18-17-6-4-3-5-14(17)7-12-19(18)31/h3-13,31H,2H2,1H3,(H3,23,25,26,27,28,29)/b24-13-. The first-order valence-electron chi connectivity index (χ1n) is 10.0. The third-order valence-electron chi connectivity index (χ3n) is 4.61. The molecule has 4 aromatic rings. The maximum absolute atomic E-state index is 10.8. The lowest BCUT2D eigenvalue weighted by atomic mass is 10.0. The number of nitrogens with zero attached hydrogens (tertiary/aromatic N) is 5. The molecule has 0 atom stereocenters. The van der Waals surface area contributed by atoms with Crippen molar-refractivity contribution in [3.63, 3.8) is 0 Å². The number of hydrogen-bond acceptors (Lipinski definition) is 10. The van der Waals surface area contributed by atoms with E-state index in [9.17, 15) is 15.2 Å². The highest BCUT2D eigenvalue weighted by atomic mass is 16.6. The number of nitro groups is 1. The van der Waals surface area contributed by atoms with E-state index in [-0.39, 0.29) is 23.3 Å². The van der Waals surface area contributed by atoms with Gasteiger partial charge in [0.15, 0.2) is 0 Å². The summed E-state index contributed by atoms with van der Waals surface area (Å²) in [6.45, 7) is 2.50. The SMILES string of the molecule is CCNc1nc(N/N=C\c2c(O)ccc3ccccc23)nc(Nc2ccc([N+](=O)[O-])cc2)n1. The molecule has 0 aliphatic carbocycles. The van der Waals surface area contributed by atoms with Gasteiger partial charge in [0.2, 0.25) is 17.8 Å². The van der Waals surface area contributed by atoms with Crippen LogP contribution < -0.4 is 16.1 Å². The number of anilines is 4. The summed E-state index contributed by atoms with van der Waals surface area (Å²) in [5, 5.41) is 33.1. The van der Waals surface area contributed by atoms with Crippen molar-refractivity contribution in [2.75, 3.05) is 22.6 Å². The second-order valence-corrected chi connectivity index (χ2v) is 6.86. The van der Waals surface area contributed by atoms with Gasteiger partial charge in [-0.2, -0.15) is 20.1 Å². The van der Waals surface area contributed by atoms with E-state index in [4.69, 9.17) is 0 Å². The van der Waals surface area contributed by atoms with Gasteiger partial charge in [0.05, 0.1) is 11.1 Å². The van der Waals surface area contributed by atoms with E-state index in [1.54, 1.807) is 18.2 Å². The van der Waals surface area contributed by atoms with Crippen LogP contribution in [0.1, 0.15) is 12.5 Å². The summed E-state index contributed by atoms with van der Waals surface area (Å²) < 4.78 is 0. The first-order chi connectivity index (χ1) is 16.0. The van der Waals surface area contributed by atoms with Crippen LogP contribution >= 0.6 is 0 Å². The lowest BCUT2D eigenvalue weighted by molar-refractivity contribution is -0.384. The van der Waals surface area contributed by atoms with Crippen molar-refractivity contribution in [3.05, 3.63) is 76.3 Å². The Hall–Kier alpha value is -4.80. The zero-order chi connectivity index (χ0) is 23.2. The normalized spacial score (nSPS) is 10.9. The lowest BCUT2D eigenvalue weighted by Crippen LogP contribution is -2.09. The van der Waals surface area contributed by atoms with Crippen molar-refractivity contribution >= 4 is 46.2 Å². The van der Waals surface area contributed by atoms with Gasteiger partial charge in [-0.05, 0) is 35.9 Å². The zero-order valence-electron chi connectivity index (χ0n) is 17.6. The molecule has 0 bridgehead atoms. The van der Waals surface area contributed by atoms with Gasteiger partial charge >= 0.3 is 0 Å². The number of aromatic nitrogens is 3.